The summed E-state index contributed by atoms with van der Waals surface area (Å²) in [5, 5.41) is 3.02. The van der Waals surface area contributed by atoms with Gasteiger partial charge in [-0.15, -0.1) is 0 Å². The van der Waals surface area contributed by atoms with Gasteiger partial charge >= 0.3 is 12.1 Å². The predicted octanol–water partition coefficient (Wildman–Crippen LogP) is 3.53. The van der Waals surface area contributed by atoms with E-state index in [0.29, 0.717) is 25.1 Å². The Labute approximate surface area is 122 Å². The summed E-state index contributed by atoms with van der Waals surface area (Å²) in [6, 6.07) is 4.46. The molecule has 1 rings (SSSR count). The Morgan fingerprint density at radius 1 is 1.24 bits per heavy atom. The lowest BCUT2D eigenvalue weighted by Crippen LogP contribution is -2.37. The van der Waals surface area contributed by atoms with Crippen LogP contribution >= 0.6 is 0 Å². The van der Waals surface area contributed by atoms with Crippen LogP contribution in [0.4, 0.5) is 13.2 Å². The Hall–Kier alpha value is -1.56. The van der Waals surface area contributed by atoms with Gasteiger partial charge in [-0.3, -0.25) is 4.79 Å². The lowest BCUT2D eigenvalue weighted by Gasteiger charge is -2.16. The molecule has 3 nitrogen and oxygen atoms in total. The van der Waals surface area contributed by atoms with Crippen LogP contribution in [-0.4, -0.2) is 18.6 Å². The van der Waals surface area contributed by atoms with E-state index in [1.54, 1.807) is 6.92 Å². The van der Waals surface area contributed by atoms with Gasteiger partial charge in [0.2, 0.25) is 0 Å². The fourth-order valence-electron chi connectivity index (χ4n) is 1.89. The molecule has 1 unspecified atom stereocenters. The molecule has 1 atom stereocenters. The summed E-state index contributed by atoms with van der Waals surface area (Å²) in [6.07, 6.45) is -2.90. The molecule has 0 aliphatic heterocycles. The van der Waals surface area contributed by atoms with E-state index in [4.69, 9.17) is 4.74 Å². The van der Waals surface area contributed by atoms with Crippen LogP contribution in [0.1, 0.15) is 37.8 Å². The molecule has 0 amide bonds. The average Bonchev–Trinajstić information content (AvgIpc) is 2.43. The predicted molar refractivity (Wildman–Crippen MR) is 73.6 cm³/mol. The van der Waals surface area contributed by atoms with E-state index in [2.05, 4.69) is 5.32 Å². The van der Waals surface area contributed by atoms with Gasteiger partial charge in [0.25, 0.3) is 0 Å². The van der Waals surface area contributed by atoms with Crippen LogP contribution < -0.4 is 5.32 Å². The molecule has 118 valence electrons. The molecule has 1 aromatic rings. The van der Waals surface area contributed by atoms with Crippen LogP contribution in [-0.2, 0) is 22.3 Å². The molecular weight excluding hydrogens is 283 g/mol. The molecule has 0 saturated heterocycles. The van der Waals surface area contributed by atoms with Crippen molar-refractivity contribution >= 4 is 5.97 Å². The largest absolute Gasteiger partial charge is 0.465 e. The molecule has 0 aliphatic carbocycles. The van der Waals surface area contributed by atoms with Gasteiger partial charge in [0.15, 0.2) is 0 Å². The number of nitrogens with one attached hydrogen (secondary N) is 1. The normalized spacial score (nSPS) is 13.0. The maximum atomic E-state index is 12.4. The van der Waals surface area contributed by atoms with Crippen molar-refractivity contribution in [2.24, 2.45) is 0 Å². The number of halogens is 3. The van der Waals surface area contributed by atoms with Crippen molar-refractivity contribution < 1.29 is 22.7 Å². The highest BCUT2D eigenvalue weighted by Gasteiger charge is 2.29. The minimum atomic E-state index is -4.33. The first-order valence-corrected chi connectivity index (χ1v) is 6.94. The molecule has 1 aromatic carbocycles. The molecule has 0 heterocycles. The zero-order valence-corrected chi connectivity index (χ0v) is 12.2. The van der Waals surface area contributed by atoms with E-state index < -0.39 is 17.8 Å². The maximum absolute atomic E-state index is 12.4. The average molecular weight is 303 g/mol. The second kappa shape index (κ2) is 8.02. The van der Waals surface area contributed by atoms with Crippen LogP contribution in [0.3, 0.4) is 0 Å². The molecule has 0 radical (unpaired) electrons. The van der Waals surface area contributed by atoms with Crippen molar-refractivity contribution in [3.05, 3.63) is 35.4 Å². The number of benzene rings is 1. The van der Waals surface area contributed by atoms with Gasteiger partial charge in [-0.05, 0) is 31.0 Å². The lowest BCUT2D eigenvalue weighted by molar-refractivity contribution is -0.146. The fourth-order valence-corrected chi connectivity index (χ4v) is 1.89. The van der Waals surface area contributed by atoms with E-state index in [0.717, 1.165) is 18.6 Å². The third-order valence-electron chi connectivity index (χ3n) is 2.98. The van der Waals surface area contributed by atoms with E-state index in [9.17, 15) is 18.0 Å². The van der Waals surface area contributed by atoms with Gasteiger partial charge in [0.05, 0.1) is 12.2 Å². The number of esters is 1. The summed E-state index contributed by atoms with van der Waals surface area (Å²) in [5.74, 6) is -0.328. The lowest BCUT2D eigenvalue weighted by atomic mass is 10.1. The molecule has 0 aliphatic rings. The summed E-state index contributed by atoms with van der Waals surface area (Å²) in [4.78, 5) is 11.7. The number of alkyl halides is 3. The molecule has 0 saturated carbocycles. The first-order valence-electron chi connectivity index (χ1n) is 6.94. The number of hydrogen-bond acceptors (Lipinski definition) is 3. The van der Waals surface area contributed by atoms with E-state index in [-0.39, 0.29) is 5.97 Å². The van der Waals surface area contributed by atoms with Crippen LogP contribution in [0.2, 0.25) is 0 Å². The number of carbonyl (C=O) groups excluding carboxylic acids is 1. The van der Waals surface area contributed by atoms with Crippen LogP contribution in [0.25, 0.3) is 0 Å². The van der Waals surface area contributed by atoms with Crippen LogP contribution in [0.5, 0.6) is 0 Å². The van der Waals surface area contributed by atoms with E-state index in [1.165, 1.54) is 12.1 Å². The quantitative estimate of drug-likeness (QED) is 0.783. The first kappa shape index (κ1) is 17.5. The molecule has 0 spiro atoms. The number of carbonyl (C=O) groups is 1. The molecule has 21 heavy (non-hydrogen) atoms. The third-order valence-corrected chi connectivity index (χ3v) is 2.98. The van der Waals surface area contributed by atoms with E-state index >= 15 is 0 Å². The zero-order chi connectivity index (χ0) is 15.9. The summed E-state index contributed by atoms with van der Waals surface area (Å²) in [5.41, 5.74) is 0.00940. The molecule has 0 fully saturated rings. The highest BCUT2D eigenvalue weighted by molar-refractivity contribution is 5.75. The highest BCUT2D eigenvalue weighted by Crippen LogP contribution is 2.29. The van der Waals surface area contributed by atoms with Gasteiger partial charge in [-0.1, -0.05) is 25.5 Å². The smallest absolute Gasteiger partial charge is 0.416 e. The molecule has 0 aromatic heterocycles. The topological polar surface area (TPSA) is 38.3 Å². The number of ether oxygens (including phenoxy) is 1. The molecule has 1 N–H and O–H groups in total. The number of rotatable bonds is 7. The van der Waals surface area contributed by atoms with Crippen LogP contribution in [0.15, 0.2) is 24.3 Å². The van der Waals surface area contributed by atoms with Crippen LogP contribution in [0, 0.1) is 0 Å². The summed E-state index contributed by atoms with van der Waals surface area (Å²) < 4.78 is 42.3. The van der Waals surface area contributed by atoms with E-state index in [1.807, 2.05) is 6.92 Å². The molecule has 6 heteroatoms. The van der Waals surface area contributed by atoms with Crippen molar-refractivity contribution in [2.45, 2.75) is 45.5 Å². The third kappa shape index (κ3) is 5.75. The van der Waals surface area contributed by atoms with Crippen molar-refractivity contribution in [1.29, 1.82) is 0 Å². The van der Waals surface area contributed by atoms with Gasteiger partial charge in [0, 0.05) is 6.54 Å². The van der Waals surface area contributed by atoms with Crippen molar-refractivity contribution in [2.75, 3.05) is 6.61 Å². The summed E-state index contributed by atoms with van der Waals surface area (Å²) in [6.45, 7) is 4.31. The summed E-state index contributed by atoms with van der Waals surface area (Å²) in [7, 11) is 0. The highest BCUT2D eigenvalue weighted by atomic mass is 19.4. The molecular formula is C15H20F3NO2. The minimum Gasteiger partial charge on any atom is -0.465 e. The van der Waals surface area contributed by atoms with Gasteiger partial charge in [-0.25, -0.2) is 0 Å². The van der Waals surface area contributed by atoms with Gasteiger partial charge in [-0.2, -0.15) is 13.2 Å². The fraction of sp³-hybridized carbons (Fsp3) is 0.533. The Balaban J connectivity index is 2.61. The Bertz CT molecular complexity index is 443. The van der Waals surface area contributed by atoms with Crippen molar-refractivity contribution in [1.82, 2.24) is 5.32 Å². The van der Waals surface area contributed by atoms with Gasteiger partial charge in [0.1, 0.15) is 6.04 Å². The monoisotopic (exact) mass is 303 g/mol. The number of hydrogen-bond donors (Lipinski definition) is 1. The maximum Gasteiger partial charge on any atom is 0.416 e. The Kier molecular flexibility index (Phi) is 6.68. The van der Waals surface area contributed by atoms with Gasteiger partial charge < -0.3 is 10.1 Å². The summed E-state index contributed by atoms with van der Waals surface area (Å²) >= 11 is 0. The van der Waals surface area contributed by atoms with Crippen molar-refractivity contribution in [3.63, 3.8) is 0 Å². The standard InChI is InChI=1S/C15H20F3NO2/c1-3-5-13(14(20)21-4-2)19-10-11-6-8-12(9-7-11)15(16,17)18/h6-9,13,19H,3-5,10H2,1-2H3. The Morgan fingerprint density at radius 2 is 1.86 bits per heavy atom. The first-order chi connectivity index (χ1) is 9.88. The SMILES string of the molecule is CCCC(NCc1ccc(C(F)(F)F)cc1)C(=O)OCC. The minimum absolute atomic E-state index is 0.307. The Morgan fingerprint density at radius 3 is 2.33 bits per heavy atom. The second-order valence-electron chi connectivity index (χ2n) is 4.67. The second-order valence-corrected chi connectivity index (χ2v) is 4.67. The molecule has 0 bridgehead atoms. The zero-order valence-electron chi connectivity index (χ0n) is 12.2. The van der Waals surface area contributed by atoms with Crippen molar-refractivity contribution in [3.8, 4) is 0 Å².